The van der Waals surface area contributed by atoms with Crippen molar-refractivity contribution in [2.45, 2.75) is 52.1 Å². The normalized spacial score (nSPS) is 14.1. The van der Waals surface area contributed by atoms with Crippen LogP contribution in [0, 0.1) is 0 Å². The van der Waals surface area contributed by atoms with Crippen LogP contribution in [0.25, 0.3) is 11.2 Å². The van der Waals surface area contributed by atoms with Gasteiger partial charge in [0.15, 0.2) is 11.2 Å². The van der Waals surface area contributed by atoms with Crippen LogP contribution in [0.1, 0.15) is 44.6 Å². The molecule has 0 spiro atoms. The summed E-state index contributed by atoms with van der Waals surface area (Å²) in [5, 5.41) is 0. The Morgan fingerprint density at radius 1 is 1.06 bits per heavy atom. The van der Waals surface area contributed by atoms with Gasteiger partial charge in [-0.3, -0.25) is 18.7 Å². The SMILES string of the molecule is CCCCOC(=O)Cn1c(=O)c2c(nc(N3CCCCC3)n2Cc2ccccc2)n(C)c1=O. The van der Waals surface area contributed by atoms with E-state index in [1.165, 1.54) is 11.0 Å². The average Bonchev–Trinajstić information content (AvgIpc) is 3.21. The fourth-order valence-corrected chi connectivity index (χ4v) is 4.26. The van der Waals surface area contributed by atoms with Crippen LogP contribution in [0.2, 0.25) is 0 Å². The molecule has 0 unspecified atom stereocenters. The smallest absolute Gasteiger partial charge is 0.333 e. The van der Waals surface area contributed by atoms with E-state index in [0.717, 1.165) is 48.9 Å². The molecule has 0 amide bonds. The topological polar surface area (TPSA) is 91.4 Å². The van der Waals surface area contributed by atoms with Crippen LogP contribution >= 0.6 is 0 Å². The third-order valence-corrected chi connectivity index (χ3v) is 6.08. The summed E-state index contributed by atoms with van der Waals surface area (Å²) >= 11 is 0. The number of rotatable bonds is 8. The quantitative estimate of drug-likeness (QED) is 0.384. The molecule has 1 saturated heterocycles. The Labute approximate surface area is 192 Å². The van der Waals surface area contributed by atoms with Gasteiger partial charge >= 0.3 is 11.7 Å². The van der Waals surface area contributed by atoms with Gasteiger partial charge in [-0.05, 0) is 31.2 Å². The summed E-state index contributed by atoms with van der Waals surface area (Å²) in [5.74, 6) is 0.0938. The number of benzene rings is 1. The number of esters is 1. The molecule has 3 heterocycles. The molecule has 0 aliphatic carbocycles. The first kappa shape index (κ1) is 22.8. The minimum absolute atomic E-state index is 0.275. The van der Waals surface area contributed by atoms with Gasteiger partial charge in [0.05, 0.1) is 13.2 Å². The van der Waals surface area contributed by atoms with Crippen molar-refractivity contribution in [1.82, 2.24) is 18.7 Å². The number of anilines is 1. The highest BCUT2D eigenvalue weighted by Gasteiger charge is 2.25. The number of hydrogen-bond donors (Lipinski definition) is 0. The lowest BCUT2D eigenvalue weighted by Crippen LogP contribution is -2.41. The number of carbonyl (C=O) groups excluding carboxylic acids is 1. The number of imidazole rings is 1. The van der Waals surface area contributed by atoms with Crippen LogP contribution in [-0.2, 0) is 29.7 Å². The van der Waals surface area contributed by atoms with Crippen LogP contribution in [0.5, 0.6) is 0 Å². The van der Waals surface area contributed by atoms with E-state index < -0.39 is 23.8 Å². The zero-order valence-electron chi connectivity index (χ0n) is 19.3. The zero-order chi connectivity index (χ0) is 23.4. The number of carbonyl (C=O) groups is 1. The summed E-state index contributed by atoms with van der Waals surface area (Å²) in [4.78, 5) is 45.8. The molecular weight excluding hydrogens is 422 g/mol. The van der Waals surface area contributed by atoms with Crippen molar-refractivity contribution < 1.29 is 9.53 Å². The van der Waals surface area contributed by atoms with Gasteiger partial charge in [0.2, 0.25) is 5.95 Å². The van der Waals surface area contributed by atoms with Crippen LogP contribution in [0.4, 0.5) is 5.95 Å². The van der Waals surface area contributed by atoms with E-state index in [2.05, 4.69) is 4.90 Å². The lowest BCUT2D eigenvalue weighted by atomic mass is 10.1. The standard InChI is InChI=1S/C24H31N5O4/c1-3-4-15-33-19(30)17-29-22(31)20-21(26(2)24(29)32)25-23(27-13-9-6-10-14-27)28(20)16-18-11-7-5-8-12-18/h5,7-8,11-12H,3-4,6,9-10,13-17H2,1-2H3. The fraction of sp³-hybridized carbons (Fsp3) is 0.500. The maximum Gasteiger partial charge on any atom is 0.333 e. The highest BCUT2D eigenvalue weighted by molar-refractivity contribution is 5.76. The van der Waals surface area contributed by atoms with Crippen molar-refractivity contribution >= 4 is 23.1 Å². The summed E-state index contributed by atoms with van der Waals surface area (Å²) in [6.45, 7) is 4.00. The summed E-state index contributed by atoms with van der Waals surface area (Å²) in [7, 11) is 1.59. The second-order valence-corrected chi connectivity index (χ2v) is 8.51. The second kappa shape index (κ2) is 10.1. The molecule has 0 bridgehead atoms. The van der Waals surface area contributed by atoms with Crippen LogP contribution in [-0.4, -0.2) is 44.4 Å². The predicted molar refractivity (Wildman–Crippen MR) is 127 cm³/mol. The van der Waals surface area contributed by atoms with Gasteiger partial charge in [-0.25, -0.2) is 9.36 Å². The van der Waals surface area contributed by atoms with E-state index in [1.807, 2.05) is 41.8 Å². The highest BCUT2D eigenvalue weighted by Crippen LogP contribution is 2.24. The van der Waals surface area contributed by atoms with E-state index in [9.17, 15) is 14.4 Å². The Morgan fingerprint density at radius 2 is 1.79 bits per heavy atom. The van der Waals surface area contributed by atoms with E-state index in [4.69, 9.17) is 9.72 Å². The first-order valence-corrected chi connectivity index (χ1v) is 11.7. The minimum atomic E-state index is -0.590. The summed E-state index contributed by atoms with van der Waals surface area (Å²) in [6, 6.07) is 9.85. The monoisotopic (exact) mass is 453 g/mol. The van der Waals surface area contributed by atoms with Gasteiger partial charge in [-0.15, -0.1) is 0 Å². The van der Waals surface area contributed by atoms with Gasteiger partial charge in [0.1, 0.15) is 6.54 Å². The first-order chi connectivity index (χ1) is 16.0. The van der Waals surface area contributed by atoms with E-state index >= 15 is 0 Å². The number of nitrogens with zero attached hydrogens (tertiary/aromatic N) is 5. The van der Waals surface area contributed by atoms with Crippen molar-refractivity contribution in [1.29, 1.82) is 0 Å². The van der Waals surface area contributed by atoms with Gasteiger partial charge in [0, 0.05) is 20.1 Å². The number of aryl methyl sites for hydroxylation is 1. The molecule has 9 heteroatoms. The van der Waals surface area contributed by atoms with Crippen LogP contribution < -0.4 is 16.1 Å². The molecule has 33 heavy (non-hydrogen) atoms. The molecule has 3 aromatic rings. The van der Waals surface area contributed by atoms with Gasteiger partial charge < -0.3 is 9.64 Å². The van der Waals surface area contributed by atoms with Crippen molar-refractivity contribution in [3.8, 4) is 0 Å². The number of aromatic nitrogens is 4. The Bertz CT molecular complexity index is 1240. The maximum absolute atomic E-state index is 13.5. The van der Waals surface area contributed by atoms with E-state index in [1.54, 1.807) is 7.05 Å². The molecule has 0 saturated carbocycles. The molecule has 9 nitrogen and oxygen atoms in total. The lowest BCUT2D eigenvalue weighted by Gasteiger charge is -2.28. The Kier molecular flexibility index (Phi) is 6.96. The number of ether oxygens (including phenoxy) is 1. The van der Waals surface area contributed by atoms with Crippen molar-refractivity contribution in [2.24, 2.45) is 7.05 Å². The second-order valence-electron chi connectivity index (χ2n) is 8.51. The third-order valence-electron chi connectivity index (χ3n) is 6.08. The molecule has 1 aromatic carbocycles. The number of piperidine rings is 1. The van der Waals surface area contributed by atoms with E-state index in [0.29, 0.717) is 23.7 Å². The molecule has 176 valence electrons. The summed E-state index contributed by atoms with van der Waals surface area (Å²) < 4.78 is 9.39. The Balaban J connectivity index is 1.84. The summed E-state index contributed by atoms with van der Waals surface area (Å²) in [5.41, 5.74) is 0.579. The molecular formula is C24H31N5O4. The molecule has 0 atom stereocenters. The van der Waals surface area contributed by atoms with E-state index in [-0.39, 0.29) is 6.61 Å². The van der Waals surface area contributed by atoms with Crippen molar-refractivity contribution in [3.05, 3.63) is 56.7 Å². The Hall–Kier alpha value is -3.36. The third kappa shape index (κ3) is 4.72. The van der Waals surface area contributed by atoms with Crippen LogP contribution in [0.15, 0.2) is 39.9 Å². The molecule has 2 aromatic heterocycles. The number of hydrogen-bond acceptors (Lipinski definition) is 6. The Morgan fingerprint density at radius 3 is 2.48 bits per heavy atom. The number of fused-ring (bicyclic) bond motifs is 1. The van der Waals surface area contributed by atoms with Gasteiger partial charge in [0.25, 0.3) is 5.56 Å². The maximum atomic E-state index is 13.5. The number of unbranched alkanes of at least 4 members (excludes halogenated alkanes) is 1. The fourth-order valence-electron chi connectivity index (χ4n) is 4.26. The average molecular weight is 454 g/mol. The summed E-state index contributed by atoms with van der Waals surface area (Å²) in [6.07, 6.45) is 4.91. The van der Waals surface area contributed by atoms with Gasteiger partial charge in [-0.1, -0.05) is 43.7 Å². The lowest BCUT2D eigenvalue weighted by molar-refractivity contribution is -0.144. The molecule has 0 radical (unpaired) electrons. The van der Waals surface area contributed by atoms with Crippen molar-refractivity contribution in [3.63, 3.8) is 0 Å². The molecule has 1 aliphatic heterocycles. The first-order valence-electron chi connectivity index (χ1n) is 11.7. The molecule has 1 fully saturated rings. The highest BCUT2D eigenvalue weighted by atomic mass is 16.5. The van der Waals surface area contributed by atoms with Gasteiger partial charge in [-0.2, -0.15) is 4.98 Å². The van der Waals surface area contributed by atoms with Crippen molar-refractivity contribution in [2.75, 3.05) is 24.6 Å². The zero-order valence-corrected chi connectivity index (χ0v) is 19.3. The molecule has 0 N–H and O–H groups in total. The molecule has 4 rings (SSSR count). The predicted octanol–water partition coefficient (Wildman–Crippen LogP) is 2.28. The molecule has 1 aliphatic rings. The largest absolute Gasteiger partial charge is 0.464 e. The van der Waals surface area contributed by atoms with Crippen LogP contribution in [0.3, 0.4) is 0 Å². The minimum Gasteiger partial charge on any atom is -0.464 e.